The molecule has 0 unspecified atom stereocenters. The Morgan fingerprint density at radius 2 is 2.38 bits per heavy atom. The SMILES string of the molecule is Cn1ccnc1CCN1CC[C@H]2[C@H](C1)OCc1cnnn12. The lowest BCUT2D eigenvalue weighted by Gasteiger charge is -2.40. The molecule has 0 radical (unpaired) electrons. The molecule has 2 aromatic rings. The normalized spacial score (nSPS) is 25.6. The van der Waals surface area contributed by atoms with E-state index in [9.17, 15) is 0 Å². The van der Waals surface area contributed by atoms with Gasteiger partial charge in [0.25, 0.3) is 0 Å². The summed E-state index contributed by atoms with van der Waals surface area (Å²) in [5.74, 6) is 1.14. The van der Waals surface area contributed by atoms with Crippen molar-refractivity contribution in [3.63, 3.8) is 0 Å². The lowest BCUT2D eigenvalue weighted by molar-refractivity contribution is -0.0686. The van der Waals surface area contributed by atoms with Crippen LogP contribution in [0.1, 0.15) is 24.0 Å². The van der Waals surface area contributed by atoms with Crippen LogP contribution < -0.4 is 0 Å². The van der Waals surface area contributed by atoms with Gasteiger partial charge in [-0.15, -0.1) is 5.10 Å². The van der Waals surface area contributed by atoms with Crippen LogP contribution in [0.4, 0.5) is 0 Å². The van der Waals surface area contributed by atoms with E-state index in [0.717, 1.165) is 44.0 Å². The average Bonchev–Trinajstić information content (AvgIpc) is 3.13. The Bertz CT molecular complexity index is 621. The number of fused-ring (bicyclic) bond motifs is 3. The molecule has 0 aliphatic carbocycles. The molecule has 7 nitrogen and oxygen atoms in total. The number of rotatable bonds is 3. The van der Waals surface area contributed by atoms with Crippen LogP contribution >= 0.6 is 0 Å². The van der Waals surface area contributed by atoms with Crippen molar-refractivity contribution < 1.29 is 4.74 Å². The lowest BCUT2D eigenvalue weighted by atomic mass is 10.00. The number of piperidine rings is 1. The monoisotopic (exact) mass is 288 g/mol. The van der Waals surface area contributed by atoms with Gasteiger partial charge in [-0.3, -0.25) is 0 Å². The summed E-state index contributed by atoms with van der Waals surface area (Å²) in [5.41, 5.74) is 1.10. The van der Waals surface area contributed by atoms with Crippen LogP contribution in [-0.2, 0) is 24.8 Å². The van der Waals surface area contributed by atoms with Crippen molar-refractivity contribution in [2.75, 3.05) is 19.6 Å². The number of nitrogens with zero attached hydrogens (tertiary/aromatic N) is 6. The molecule has 0 amide bonds. The smallest absolute Gasteiger partial charge is 0.109 e. The Morgan fingerprint density at radius 3 is 3.24 bits per heavy atom. The highest BCUT2D eigenvalue weighted by Gasteiger charge is 2.36. The summed E-state index contributed by atoms with van der Waals surface area (Å²) in [7, 11) is 2.05. The van der Waals surface area contributed by atoms with Gasteiger partial charge in [-0.05, 0) is 6.42 Å². The van der Waals surface area contributed by atoms with Gasteiger partial charge in [0.1, 0.15) is 5.82 Å². The van der Waals surface area contributed by atoms with Crippen molar-refractivity contribution in [1.82, 2.24) is 29.4 Å². The van der Waals surface area contributed by atoms with Crippen LogP contribution in [0.5, 0.6) is 0 Å². The highest BCUT2D eigenvalue weighted by atomic mass is 16.5. The first-order chi connectivity index (χ1) is 10.3. The van der Waals surface area contributed by atoms with Gasteiger partial charge in [0, 0.05) is 45.5 Å². The number of imidazole rings is 1. The van der Waals surface area contributed by atoms with E-state index in [-0.39, 0.29) is 6.10 Å². The van der Waals surface area contributed by atoms with Crippen LogP contribution in [0.15, 0.2) is 18.6 Å². The maximum absolute atomic E-state index is 5.99. The van der Waals surface area contributed by atoms with E-state index in [2.05, 4.69) is 29.4 Å². The van der Waals surface area contributed by atoms with E-state index in [4.69, 9.17) is 4.74 Å². The predicted molar refractivity (Wildman–Crippen MR) is 75.6 cm³/mol. The van der Waals surface area contributed by atoms with Crippen LogP contribution in [-0.4, -0.2) is 55.2 Å². The third-order valence-electron chi connectivity index (χ3n) is 4.59. The summed E-state index contributed by atoms with van der Waals surface area (Å²) in [6.45, 7) is 3.70. The molecule has 2 aliphatic rings. The molecule has 7 heteroatoms. The zero-order valence-electron chi connectivity index (χ0n) is 12.2. The third-order valence-corrected chi connectivity index (χ3v) is 4.59. The predicted octanol–water partition coefficient (Wildman–Crippen LogP) is 0.400. The van der Waals surface area contributed by atoms with Gasteiger partial charge in [0.2, 0.25) is 0 Å². The Labute approximate surface area is 123 Å². The second kappa shape index (κ2) is 5.23. The number of ether oxygens (including phenoxy) is 1. The maximum atomic E-state index is 5.99. The second-order valence-corrected chi connectivity index (χ2v) is 5.88. The Morgan fingerprint density at radius 1 is 1.43 bits per heavy atom. The summed E-state index contributed by atoms with van der Waals surface area (Å²) in [6.07, 6.45) is 7.95. The number of aryl methyl sites for hydroxylation is 1. The van der Waals surface area contributed by atoms with Gasteiger partial charge < -0.3 is 14.2 Å². The molecule has 4 heterocycles. The molecular weight excluding hydrogens is 268 g/mol. The Hall–Kier alpha value is -1.73. The molecule has 21 heavy (non-hydrogen) atoms. The van der Waals surface area contributed by atoms with Crippen LogP contribution in [0.25, 0.3) is 0 Å². The van der Waals surface area contributed by atoms with E-state index in [1.54, 1.807) is 0 Å². The molecule has 0 spiro atoms. The molecule has 4 rings (SSSR count). The standard InChI is InChI=1S/C14H20N6O/c1-18-7-4-15-14(18)3-6-19-5-2-12-13(9-19)21-10-11-8-16-17-20(11)12/h4,7-8,12-13H,2-3,5-6,9-10H2,1H3/t12-,13-/m0/s1. The van der Waals surface area contributed by atoms with Crippen molar-refractivity contribution in [2.24, 2.45) is 7.05 Å². The van der Waals surface area contributed by atoms with Gasteiger partial charge in [0.05, 0.1) is 30.6 Å². The Balaban J connectivity index is 1.38. The van der Waals surface area contributed by atoms with Gasteiger partial charge in [-0.25, -0.2) is 9.67 Å². The summed E-state index contributed by atoms with van der Waals surface area (Å²) >= 11 is 0. The van der Waals surface area contributed by atoms with E-state index >= 15 is 0 Å². The average molecular weight is 288 g/mol. The van der Waals surface area contributed by atoms with Gasteiger partial charge >= 0.3 is 0 Å². The first-order valence-electron chi connectivity index (χ1n) is 7.50. The molecule has 2 atom stereocenters. The fourth-order valence-corrected chi connectivity index (χ4v) is 3.35. The van der Waals surface area contributed by atoms with Crippen molar-refractivity contribution in [1.29, 1.82) is 0 Å². The Kier molecular flexibility index (Phi) is 3.23. The summed E-state index contributed by atoms with van der Waals surface area (Å²) < 4.78 is 10.1. The fourth-order valence-electron chi connectivity index (χ4n) is 3.35. The molecule has 0 N–H and O–H groups in total. The number of aromatic nitrogens is 5. The van der Waals surface area contributed by atoms with Crippen molar-refractivity contribution >= 4 is 0 Å². The minimum Gasteiger partial charge on any atom is -0.368 e. The first kappa shape index (κ1) is 13.0. The molecule has 1 fully saturated rings. The van der Waals surface area contributed by atoms with E-state index in [1.165, 1.54) is 0 Å². The molecule has 0 aromatic carbocycles. The van der Waals surface area contributed by atoms with E-state index < -0.39 is 0 Å². The summed E-state index contributed by atoms with van der Waals surface area (Å²) in [5, 5.41) is 8.22. The number of likely N-dealkylation sites (tertiary alicyclic amines) is 1. The minimum atomic E-state index is 0.231. The van der Waals surface area contributed by atoms with Crippen molar-refractivity contribution in [3.05, 3.63) is 30.1 Å². The van der Waals surface area contributed by atoms with Gasteiger partial charge in [-0.2, -0.15) is 0 Å². The maximum Gasteiger partial charge on any atom is 0.109 e. The third kappa shape index (κ3) is 2.36. The topological polar surface area (TPSA) is 61.0 Å². The molecule has 2 aromatic heterocycles. The molecule has 0 saturated carbocycles. The number of hydrogen-bond donors (Lipinski definition) is 0. The highest BCUT2D eigenvalue weighted by Crippen LogP contribution is 2.30. The van der Waals surface area contributed by atoms with E-state index in [0.29, 0.717) is 12.6 Å². The molecular formula is C14H20N6O. The minimum absolute atomic E-state index is 0.231. The molecule has 112 valence electrons. The van der Waals surface area contributed by atoms with Crippen molar-refractivity contribution in [3.8, 4) is 0 Å². The zero-order valence-corrected chi connectivity index (χ0v) is 12.2. The van der Waals surface area contributed by atoms with Crippen LogP contribution in [0.2, 0.25) is 0 Å². The van der Waals surface area contributed by atoms with Gasteiger partial charge in [-0.1, -0.05) is 5.21 Å². The summed E-state index contributed by atoms with van der Waals surface area (Å²) in [4.78, 5) is 6.86. The second-order valence-electron chi connectivity index (χ2n) is 5.88. The zero-order chi connectivity index (χ0) is 14.2. The number of hydrogen-bond acceptors (Lipinski definition) is 5. The quantitative estimate of drug-likeness (QED) is 0.818. The highest BCUT2D eigenvalue weighted by molar-refractivity contribution is 5.01. The lowest BCUT2D eigenvalue weighted by Crippen LogP contribution is -2.49. The largest absolute Gasteiger partial charge is 0.368 e. The fraction of sp³-hybridized carbons (Fsp3) is 0.643. The molecule has 2 aliphatic heterocycles. The van der Waals surface area contributed by atoms with Gasteiger partial charge in [0.15, 0.2) is 0 Å². The van der Waals surface area contributed by atoms with Crippen molar-refractivity contribution in [2.45, 2.75) is 31.6 Å². The summed E-state index contributed by atoms with van der Waals surface area (Å²) in [6, 6.07) is 0.348. The molecule has 1 saturated heterocycles. The van der Waals surface area contributed by atoms with Crippen LogP contribution in [0.3, 0.4) is 0 Å². The molecule has 0 bridgehead atoms. The van der Waals surface area contributed by atoms with E-state index in [1.807, 2.05) is 25.6 Å². The van der Waals surface area contributed by atoms with Crippen LogP contribution in [0, 0.1) is 0 Å². The first-order valence-corrected chi connectivity index (χ1v) is 7.50.